The highest BCUT2D eigenvalue weighted by atomic mass is 14.7. The minimum atomic E-state index is 0.965. The van der Waals surface area contributed by atoms with Crippen LogP contribution in [0.3, 0.4) is 0 Å². The summed E-state index contributed by atoms with van der Waals surface area (Å²) in [5.74, 6) is 0. The van der Waals surface area contributed by atoms with Crippen LogP contribution in [0.15, 0.2) is 121 Å². The Hall–Kier alpha value is -4.56. The van der Waals surface area contributed by atoms with E-state index in [2.05, 4.69) is 121 Å². The Morgan fingerprint density at radius 1 is 0.353 bits per heavy atom. The topological polar surface area (TPSA) is 25.8 Å². The molecular formula is C32H20N2. The van der Waals surface area contributed by atoms with Gasteiger partial charge in [-0.1, -0.05) is 97.1 Å². The first kappa shape index (κ1) is 19.0. The van der Waals surface area contributed by atoms with Gasteiger partial charge in [0, 0.05) is 32.7 Å². The van der Waals surface area contributed by atoms with Gasteiger partial charge in [0.25, 0.3) is 0 Å². The second-order valence-corrected chi connectivity index (χ2v) is 8.60. The predicted octanol–water partition coefficient (Wildman–Crippen LogP) is 8.42. The van der Waals surface area contributed by atoms with E-state index in [0.717, 1.165) is 43.6 Å². The summed E-state index contributed by atoms with van der Waals surface area (Å²) < 4.78 is 0. The van der Waals surface area contributed by atoms with Gasteiger partial charge in [0.15, 0.2) is 0 Å². The molecule has 0 atom stereocenters. The summed E-state index contributed by atoms with van der Waals surface area (Å²) in [5, 5.41) is 4.55. The van der Waals surface area contributed by atoms with Gasteiger partial charge in [-0.05, 0) is 35.4 Å². The maximum absolute atomic E-state index is 5.24. The molecule has 0 saturated heterocycles. The highest BCUT2D eigenvalue weighted by Crippen LogP contribution is 2.42. The van der Waals surface area contributed by atoms with Crippen LogP contribution < -0.4 is 0 Å². The van der Waals surface area contributed by atoms with Crippen molar-refractivity contribution in [3.63, 3.8) is 0 Å². The number of nitrogens with zero attached hydrogens (tertiary/aromatic N) is 2. The molecule has 0 aliphatic rings. The van der Waals surface area contributed by atoms with Crippen molar-refractivity contribution in [2.24, 2.45) is 0 Å². The van der Waals surface area contributed by atoms with Crippen LogP contribution >= 0.6 is 0 Å². The lowest BCUT2D eigenvalue weighted by Crippen LogP contribution is -1.94. The first-order chi connectivity index (χ1) is 16.9. The Kier molecular flexibility index (Phi) is 4.18. The van der Waals surface area contributed by atoms with Gasteiger partial charge >= 0.3 is 0 Å². The number of benzene rings is 5. The van der Waals surface area contributed by atoms with Gasteiger partial charge in [0.2, 0.25) is 0 Å². The summed E-state index contributed by atoms with van der Waals surface area (Å²) in [7, 11) is 0. The Labute approximate surface area is 197 Å². The van der Waals surface area contributed by atoms with Crippen molar-refractivity contribution in [2.45, 2.75) is 0 Å². The van der Waals surface area contributed by atoms with Crippen LogP contribution in [0.25, 0.3) is 65.9 Å². The molecule has 7 rings (SSSR count). The maximum Gasteiger partial charge on any atom is 0.0816 e. The Bertz CT molecular complexity index is 1840. The van der Waals surface area contributed by atoms with Crippen LogP contribution in [0, 0.1) is 0 Å². The molecular weight excluding hydrogens is 412 g/mol. The quantitative estimate of drug-likeness (QED) is 0.202. The summed E-state index contributed by atoms with van der Waals surface area (Å²) in [5.41, 5.74) is 8.73. The van der Waals surface area contributed by atoms with E-state index in [9.17, 15) is 0 Å². The largest absolute Gasteiger partial charge is 0.248 e. The number of hydrogen-bond donors (Lipinski definition) is 0. The van der Waals surface area contributed by atoms with E-state index in [4.69, 9.17) is 9.97 Å². The zero-order valence-corrected chi connectivity index (χ0v) is 18.4. The average Bonchev–Trinajstić information content (AvgIpc) is 2.91. The number of aromatic nitrogens is 2. The summed E-state index contributed by atoms with van der Waals surface area (Å²) in [6, 6.07) is 42.4. The molecule has 0 N–H and O–H groups in total. The third-order valence-corrected chi connectivity index (χ3v) is 6.62. The van der Waals surface area contributed by atoms with E-state index in [-0.39, 0.29) is 0 Å². The molecule has 0 radical (unpaired) electrons. The van der Waals surface area contributed by atoms with Crippen molar-refractivity contribution in [3.05, 3.63) is 121 Å². The van der Waals surface area contributed by atoms with Gasteiger partial charge in [-0.15, -0.1) is 0 Å². The molecule has 7 aromatic rings. The van der Waals surface area contributed by atoms with Crippen molar-refractivity contribution in [1.82, 2.24) is 9.97 Å². The normalized spacial score (nSPS) is 11.5. The van der Waals surface area contributed by atoms with Crippen LogP contribution in [0.2, 0.25) is 0 Å². The molecule has 0 amide bonds. The van der Waals surface area contributed by atoms with E-state index < -0.39 is 0 Å². The molecule has 0 unspecified atom stereocenters. The van der Waals surface area contributed by atoms with Gasteiger partial charge in [-0.25, -0.2) is 9.97 Å². The van der Waals surface area contributed by atoms with Crippen LogP contribution in [-0.4, -0.2) is 9.97 Å². The zero-order valence-electron chi connectivity index (χ0n) is 18.4. The fourth-order valence-corrected chi connectivity index (χ4v) is 5.15. The fraction of sp³-hybridized carbons (Fsp3) is 0. The van der Waals surface area contributed by atoms with Gasteiger partial charge in [-0.3, -0.25) is 0 Å². The third kappa shape index (κ3) is 2.82. The monoisotopic (exact) mass is 432 g/mol. The second-order valence-electron chi connectivity index (χ2n) is 8.60. The van der Waals surface area contributed by atoms with Gasteiger partial charge < -0.3 is 0 Å². The molecule has 0 spiro atoms. The highest BCUT2D eigenvalue weighted by molar-refractivity contribution is 6.23. The summed E-state index contributed by atoms with van der Waals surface area (Å²) in [6.07, 6.45) is 0. The van der Waals surface area contributed by atoms with Gasteiger partial charge in [-0.2, -0.15) is 0 Å². The minimum Gasteiger partial charge on any atom is -0.248 e. The minimum absolute atomic E-state index is 0.965. The van der Waals surface area contributed by atoms with Crippen LogP contribution in [0.1, 0.15) is 0 Å². The lowest BCUT2D eigenvalue weighted by molar-refractivity contribution is 1.47. The number of para-hydroxylation sites is 2. The molecule has 34 heavy (non-hydrogen) atoms. The number of fused-ring (bicyclic) bond motifs is 5. The van der Waals surface area contributed by atoms with E-state index in [1.54, 1.807) is 0 Å². The van der Waals surface area contributed by atoms with Crippen molar-refractivity contribution in [2.75, 3.05) is 0 Å². The van der Waals surface area contributed by atoms with E-state index in [0.29, 0.717) is 0 Å². The molecule has 0 fully saturated rings. The first-order valence-electron chi connectivity index (χ1n) is 11.5. The van der Waals surface area contributed by atoms with Crippen molar-refractivity contribution < 1.29 is 0 Å². The SMILES string of the molecule is c1ccc(-c2c3ccccc3nc3c2ccc2nc4ccccc4c(-c4ccccc4)c23)cc1. The van der Waals surface area contributed by atoms with Crippen LogP contribution in [0.5, 0.6) is 0 Å². The van der Waals surface area contributed by atoms with Crippen molar-refractivity contribution in [1.29, 1.82) is 0 Å². The lowest BCUT2D eigenvalue weighted by Gasteiger charge is -2.16. The Morgan fingerprint density at radius 3 is 1.56 bits per heavy atom. The standard InChI is InChI=1S/C32H20N2/c1-3-11-21(12-4-1)29-23-15-7-10-18-27(23)34-32-25(29)19-20-28-31(32)30(22-13-5-2-6-14-22)24-16-8-9-17-26(24)33-28/h1-20H. The molecule has 0 bridgehead atoms. The third-order valence-electron chi connectivity index (χ3n) is 6.62. The lowest BCUT2D eigenvalue weighted by atomic mass is 9.91. The average molecular weight is 433 g/mol. The van der Waals surface area contributed by atoms with Gasteiger partial charge in [0.1, 0.15) is 0 Å². The molecule has 0 aliphatic carbocycles. The predicted molar refractivity (Wildman–Crippen MR) is 143 cm³/mol. The maximum atomic E-state index is 5.24. The first-order valence-corrected chi connectivity index (χ1v) is 11.5. The summed E-state index contributed by atoms with van der Waals surface area (Å²) in [4.78, 5) is 10.3. The van der Waals surface area contributed by atoms with Crippen LogP contribution in [0.4, 0.5) is 0 Å². The fourth-order valence-electron chi connectivity index (χ4n) is 5.15. The van der Waals surface area contributed by atoms with Crippen molar-refractivity contribution >= 4 is 43.6 Å². The van der Waals surface area contributed by atoms with Crippen molar-refractivity contribution in [3.8, 4) is 22.3 Å². The molecule has 2 heterocycles. The number of hydrogen-bond acceptors (Lipinski definition) is 2. The summed E-state index contributed by atoms with van der Waals surface area (Å²) in [6.45, 7) is 0. The Balaban J connectivity index is 1.75. The van der Waals surface area contributed by atoms with E-state index in [1.807, 2.05) is 0 Å². The molecule has 0 saturated carbocycles. The number of pyridine rings is 2. The van der Waals surface area contributed by atoms with Gasteiger partial charge in [0.05, 0.1) is 22.1 Å². The molecule has 5 aromatic carbocycles. The highest BCUT2D eigenvalue weighted by Gasteiger charge is 2.18. The number of rotatable bonds is 2. The molecule has 158 valence electrons. The van der Waals surface area contributed by atoms with E-state index >= 15 is 0 Å². The molecule has 0 aliphatic heterocycles. The zero-order chi connectivity index (χ0) is 22.5. The smallest absolute Gasteiger partial charge is 0.0816 e. The molecule has 2 heteroatoms. The summed E-state index contributed by atoms with van der Waals surface area (Å²) >= 11 is 0. The Morgan fingerprint density at radius 2 is 0.882 bits per heavy atom. The van der Waals surface area contributed by atoms with E-state index in [1.165, 1.54) is 22.3 Å². The second kappa shape index (κ2) is 7.50. The molecule has 2 nitrogen and oxygen atoms in total. The molecule has 2 aromatic heterocycles. The van der Waals surface area contributed by atoms with Crippen LogP contribution in [-0.2, 0) is 0 Å².